The van der Waals surface area contributed by atoms with Crippen LogP contribution in [0, 0.1) is 0 Å². The zero-order chi connectivity index (χ0) is 12.8. The van der Waals surface area contributed by atoms with Crippen molar-refractivity contribution >= 4 is 0 Å². The molecule has 0 saturated carbocycles. The van der Waals surface area contributed by atoms with E-state index in [-0.39, 0.29) is 11.9 Å². The third kappa shape index (κ3) is 3.31. The molecule has 1 aromatic carbocycles. The lowest BCUT2D eigenvalue weighted by atomic mass is 10.1. The number of ether oxygens (including phenoxy) is 3. The molecule has 0 bridgehead atoms. The van der Waals surface area contributed by atoms with Gasteiger partial charge >= 0.3 is 0 Å². The van der Waals surface area contributed by atoms with Crippen LogP contribution in [0.2, 0.25) is 0 Å². The second-order valence-corrected chi connectivity index (χ2v) is 4.67. The number of benzene rings is 1. The monoisotopic (exact) mass is 250 g/mol. The van der Waals surface area contributed by atoms with E-state index >= 15 is 0 Å². The molecule has 0 aliphatic carbocycles. The highest BCUT2D eigenvalue weighted by atomic mass is 16.7. The topological polar surface area (TPSA) is 27.7 Å². The van der Waals surface area contributed by atoms with Gasteiger partial charge in [-0.25, -0.2) is 0 Å². The molecule has 18 heavy (non-hydrogen) atoms. The molecule has 1 aromatic rings. The largest absolute Gasteiger partial charge is 0.374 e. The Labute approximate surface area is 109 Å². The molecule has 0 aromatic heterocycles. The molecule has 1 atom stereocenters. The highest BCUT2D eigenvalue weighted by molar-refractivity contribution is 5.13. The van der Waals surface area contributed by atoms with E-state index in [1.54, 1.807) is 0 Å². The number of hydrogen-bond acceptors (Lipinski definition) is 3. The minimum Gasteiger partial charge on any atom is -0.374 e. The summed E-state index contributed by atoms with van der Waals surface area (Å²) in [6, 6.07) is 10.2. The summed E-state index contributed by atoms with van der Waals surface area (Å²) in [4.78, 5) is 0. The van der Waals surface area contributed by atoms with E-state index in [0.717, 1.165) is 12.8 Å². The van der Waals surface area contributed by atoms with Crippen molar-refractivity contribution in [3.8, 4) is 0 Å². The van der Waals surface area contributed by atoms with Crippen LogP contribution in [0.15, 0.2) is 30.3 Å². The van der Waals surface area contributed by atoms with Crippen LogP contribution >= 0.6 is 0 Å². The molecule has 1 aliphatic heterocycles. The van der Waals surface area contributed by atoms with E-state index in [1.807, 2.05) is 18.2 Å². The Kier molecular flexibility index (Phi) is 4.75. The van der Waals surface area contributed by atoms with Gasteiger partial charge in [-0.3, -0.25) is 0 Å². The standard InChI is InChI=1S/C15H22O3/c1-3-15(4-2)17-12-14(18-15)11-16-10-13-8-6-5-7-9-13/h5-9,14H,3-4,10-12H2,1-2H3/t14-/m0/s1. The molecule has 0 spiro atoms. The van der Waals surface area contributed by atoms with E-state index < -0.39 is 0 Å². The van der Waals surface area contributed by atoms with Gasteiger partial charge < -0.3 is 14.2 Å². The van der Waals surface area contributed by atoms with Crippen molar-refractivity contribution in [2.75, 3.05) is 13.2 Å². The SMILES string of the molecule is CCC1(CC)OC[C@H](COCc2ccccc2)O1. The van der Waals surface area contributed by atoms with Crippen LogP contribution in [-0.4, -0.2) is 25.1 Å². The Bertz CT molecular complexity index is 346. The molecule has 1 fully saturated rings. The summed E-state index contributed by atoms with van der Waals surface area (Å²) in [5, 5.41) is 0. The van der Waals surface area contributed by atoms with Gasteiger partial charge in [0.15, 0.2) is 5.79 Å². The van der Waals surface area contributed by atoms with Crippen LogP contribution in [0.5, 0.6) is 0 Å². The number of hydrogen-bond donors (Lipinski definition) is 0. The molecule has 0 radical (unpaired) electrons. The van der Waals surface area contributed by atoms with Crippen LogP contribution in [0.1, 0.15) is 32.3 Å². The van der Waals surface area contributed by atoms with Crippen molar-refractivity contribution in [2.24, 2.45) is 0 Å². The van der Waals surface area contributed by atoms with E-state index in [4.69, 9.17) is 14.2 Å². The maximum Gasteiger partial charge on any atom is 0.168 e. The maximum atomic E-state index is 5.94. The van der Waals surface area contributed by atoms with Crippen LogP contribution in [0.25, 0.3) is 0 Å². The molecule has 2 rings (SSSR count). The van der Waals surface area contributed by atoms with Crippen LogP contribution in [0.4, 0.5) is 0 Å². The van der Waals surface area contributed by atoms with Crippen molar-refractivity contribution in [3.05, 3.63) is 35.9 Å². The van der Waals surface area contributed by atoms with Gasteiger partial charge in [0, 0.05) is 0 Å². The summed E-state index contributed by atoms with van der Waals surface area (Å²) in [5.74, 6) is -0.374. The van der Waals surface area contributed by atoms with Crippen molar-refractivity contribution in [2.45, 2.75) is 45.2 Å². The smallest absolute Gasteiger partial charge is 0.168 e. The molecule has 0 N–H and O–H groups in total. The molecular formula is C15H22O3. The van der Waals surface area contributed by atoms with Crippen molar-refractivity contribution in [1.29, 1.82) is 0 Å². The second kappa shape index (κ2) is 6.32. The van der Waals surface area contributed by atoms with Gasteiger partial charge in [0.2, 0.25) is 0 Å². The highest BCUT2D eigenvalue weighted by Crippen LogP contribution is 2.30. The first-order chi connectivity index (χ1) is 8.78. The molecule has 3 heteroatoms. The van der Waals surface area contributed by atoms with Gasteiger partial charge in [0.25, 0.3) is 0 Å². The van der Waals surface area contributed by atoms with E-state index in [9.17, 15) is 0 Å². The van der Waals surface area contributed by atoms with Gasteiger partial charge in [0.05, 0.1) is 19.8 Å². The van der Waals surface area contributed by atoms with Crippen molar-refractivity contribution in [3.63, 3.8) is 0 Å². The van der Waals surface area contributed by atoms with Crippen LogP contribution in [-0.2, 0) is 20.8 Å². The van der Waals surface area contributed by atoms with Gasteiger partial charge in [-0.1, -0.05) is 44.2 Å². The minimum absolute atomic E-state index is 0.0635. The first kappa shape index (κ1) is 13.5. The van der Waals surface area contributed by atoms with E-state index in [0.29, 0.717) is 19.8 Å². The third-order valence-corrected chi connectivity index (χ3v) is 3.41. The molecule has 0 amide bonds. The van der Waals surface area contributed by atoms with Gasteiger partial charge in [0.1, 0.15) is 6.10 Å². The molecule has 1 heterocycles. The summed E-state index contributed by atoms with van der Waals surface area (Å²) < 4.78 is 17.4. The quantitative estimate of drug-likeness (QED) is 0.776. The average Bonchev–Trinajstić information content (AvgIpc) is 2.84. The molecule has 1 saturated heterocycles. The first-order valence-corrected chi connectivity index (χ1v) is 6.71. The summed E-state index contributed by atoms with van der Waals surface area (Å²) in [6.07, 6.45) is 1.84. The second-order valence-electron chi connectivity index (χ2n) is 4.67. The first-order valence-electron chi connectivity index (χ1n) is 6.71. The molecular weight excluding hydrogens is 228 g/mol. The predicted octanol–water partition coefficient (Wildman–Crippen LogP) is 3.13. The summed E-state index contributed by atoms with van der Waals surface area (Å²) in [5.41, 5.74) is 1.19. The fourth-order valence-corrected chi connectivity index (χ4v) is 2.20. The van der Waals surface area contributed by atoms with Gasteiger partial charge in [-0.2, -0.15) is 0 Å². The number of rotatable bonds is 6. The lowest BCUT2D eigenvalue weighted by Gasteiger charge is -2.24. The van der Waals surface area contributed by atoms with Gasteiger partial charge in [-0.15, -0.1) is 0 Å². The van der Waals surface area contributed by atoms with Crippen molar-refractivity contribution < 1.29 is 14.2 Å². The minimum atomic E-state index is -0.374. The van der Waals surface area contributed by atoms with Crippen LogP contribution in [0.3, 0.4) is 0 Å². The van der Waals surface area contributed by atoms with E-state index in [1.165, 1.54) is 5.56 Å². The summed E-state index contributed by atoms with van der Waals surface area (Å²) in [7, 11) is 0. The molecule has 1 aliphatic rings. The normalized spacial score (nSPS) is 22.2. The van der Waals surface area contributed by atoms with Gasteiger partial charge in [-0.05, 0) is 18.4 Å². The third-order valence-electron chi connectivity index (χ3n) is 3.41. The Balaban J connectivity index is 1.73. The molecule has 100 valence electrons. The average molecular weight is 250 g/mol. The van der Waals surface area contributed by atoms with E-state index in [2.05, 4.69) is 26.0 Å². The predicted molar refractivity (Wildman–Crippen MR) is 70.2 cm³/mol. The Hall–Kier alpha value is -0.900. The summed E-state index contributed by atoms with van der Waals surface area (Å²) in [6.45, 7) is 6.05. The maximum absolute atomic E-state index is 5.94. The Morgan fingerprint density at radius 2 is 1.94 bits per heavy atom. The highest BCUT2D eigenvalue weighted by Gasteiger charge is 2.38. The zero-order valence-electron chi connectivity index (χ0n) is 11.2. The molecule has 0 unspecified atom stereocenters. The molecule has 3 nitrogen and oxygen atoms in total. The fourth-order valence-electron chi connectivity index (χ4n) is 2.20. The Morgan fingerprint density at radius 3 is 2.56 bits per heavy atom. The van der Waals surface area contributed by atoms with Crippen LogP contribution < -0.4 is 0 Å². The zero-order valence-corrected chi connectivity index (χ0v) is 11.2. The fraction of sp³-hybridized carbons (Fsp3) is 0.600. The lowest BCUT2D eigenvalue weighted by Crippen LogP contribution is -2.30. The van der Waals surface area contributed by atoms with Crippen molar-refractivity contribution in [1.82, 2.24) is 0 Å². The Morgan fingerprint density at radius 1 is 1.22 bits per heavy atom. The lowest BCUT2D eigenvalue weighted by molar-refractivity contribution is -0.177. The summed E-state index contributed by atoms with van der Waals surface area (Å²) >= 11 is 0.